The van der Waals surface area contributed by atoms with E-state index in [1.165, 1.54) is 6.92 Å². The minimum absolute atomic E-state index is 0.258. The normalized spacial score (nSPS) is 20.1. The van der Waals surface area contributed by atoms with E-state index >= 15 is 0 Å². The Bertz CT molecular complexity index is 82.9. The predicted octanol–water partition coefficient (Wildman–Crippen LogP) is -0.111. The molecule has 3 atom stereocenters. The van der Waals surface area contributed by atoms with Crippen molar-refractivity contribution in [3.8, 4) is 0 Å². The summed E-state index contributed by atoms with van der Waals surface area (Å²) in [6.45, 7) is 3.34. The molecule has 0 aromatic heterocycles. The highest BCUT2D eigenvalue weighted by atomic mass is 16.3. The van der Waals surface area contributed by atoms with E-state index in [4.69, 9.17) is 15.3 Å². The number of rotatable bonds is 4. The third kappa shape index (κ3) is 3.82. The molecular weight excluding hydrogens is 132 g/mol. The second kappa shape index (κ2) is 4.66. The molecule has 62 valence electrons. The first-order chi connectivity index (χ1) is 4.57. The molecule has 3 heteroatoms. The molecule has 0 rings (SSSR count). The summed E-state index contributed by atoms with van der Waals surface area (Å²) in [5, 5.41) is 26.8. The highest BCUT2D eigenvalue weighted by molar-refractivity contribution is 4.66. The van der Waals surface area contributed by atoms with Crippen molar-refractivity contribution in [1.29, 1.82) is 0 Å². The quantitative estimate of drug-likeness (QED) is 0.521. The first kappa shape index (κ1) is 9.88. The number of hydrogen-bond donors (Lipinski definition) is 3. The lowest BCUT2D eigenvalue weighted by Crippen LogP contribution is -2.27. The monoisotopic (exact) mass is 148 g/mol. The Kier molecular flexibility index (Phi) is 4.60. The molecule has 3 N–H and O–H groups in total. The molecule has 3 unspecified atom stereocenters. The Labute approximate surface area is 61.3 Å². The molecule has 0 amide bonds. The van der Waals surface area contributed by atoms with E-state index in [0.717, 1.165) is 0 Å². The van der Waals surface area contributed by atoms with Crippen LogP contribution < -0.4 is 0 Å². The third-order valence-corrected chi connectivity index (χ3v) is 1.54. The van der Waals surface area contributed by atoms with Gasteiger partial charge in [-0.25, -0.2) is 0 Å². The average Bonchev–Trinajstić information content (AvgIpc) is 1.87. The minimum Gasteiger partial charge on any atom is -0.393 e. The zero-order valence-corrected chi connectivity index (χ0v) is 6.49. The zero-order chi connectivity index (χ0) is 8.15. The summed E-state index contributed by atoms with van der Waals surface area (Å²) >= 11 is 0. The van der Waals surface area contributed by atoms with Crippen molar-refractivity contribution in [3.05, 3.63) is 0 Å². The molecule has 0 aliphatic heterocycles. The number of aliphatic hydroxyl groups excluding tert-OH is 3. The fourth-order valence-corrected chi connectivity index (χ4v) is 0.642. The lowest BCUT2D eigenvalue weighted by molar-refractivity contribution is -0.00353. The zero-order valence-electron chi connectivity index (χ0n) is 6.49. The molecule has 0 aromatic carbocycles. The maximum absolute atomic E-state index is 9.02. The molecular formula is C7H16O3. The van der Waals surface area contributed by atoms with Crippen LogP contribution in [0.25, 0.3) is 0 Å². The molecule has 0 heterocycles. The molecule has 0 spiro atoms. The van der Waals surface area contributed by atoms with Gasteiger partial charge in [-0.05, 0) is 13.3 Å². The lowest BCUT2D eigenvalue weighted by Gasteiger charge is -2.16. The summed E-state index contributed by atoms with van der Waals surface area (Å²) in [5.74, 6) is 0. The van der Waals surface area contributed by atoms with Crippen molar-refractivity contribution in [1.82, 2.24) is 0 Å². The van der Waals surface area contributed by atoms with Crippen molar-refractivity contribution in [2.75, 3.05) is 0 Å². The van der Waals surface area contributed by atoms with E-state index in [9.17, 15) is 0 Å². The van der Waals surface area contributed by atoms with Gasteiger partial charge in [0.1, 0.15) is 0 Å². The Morgan fingerprint density at radius 3 is 2.00 bits per heavy atom. The summed E-state index contributed by atoms with van der Waals surface area (Å²) in [6.07, 6.45) is -1.17. The second-order valence-corrected chi connectivity index (χ2v) is 2.61. The van der Waals surface area contributed by atoms with Gasteiger partial charge >= 0.3 is 0 Å². The van der Waals surface area contributed by atoms with Crippen LogP contribution in [-0.2, 0) is 0 Å². The maximum Gasteiger partial charge on any atom is 0.0820 e. The van der Waals surface area contributed by atoms with Gasteiger partial charge in [0.15, 0.2) is 0 Å². The Hall–Kier alpha value is -0.120. The van der Waals surface area contributed by atoms with E-state index in [-0.39, 0.29) is 6.42 Å². The van der Waals surface area contributed by atoms with Crippen LogP contribution in [-0.4, -0.2) is 33.6 Å². The van der Waals surface area contributed by atoms with Crippen LogP contribution in [0.1, 0.15) is 26.7 Å². The molecule has 0 bridgehead atoms. The Morgan fingerprint density at radius 2 is 1.70 bits per heavy atom. The molecule has 0 radical (unpaired) electrons. The summed E-state index contributed by atoms with van der Waals surface area (Å²) in [5.41, 5.74) is 0. The van der Waals surface area contributed by atoms with Crippen molar-refractivity contribution >= 4 is 0 Å². The number of hydrogen-bond acceptors (Lipinski definition) is 3. The van der Waals surface area contributed by atoms with Gasteiger partial charge in [-0.1, -0.05) is 6.92 Å². The van der Waals surface area contributed by atoms with E-state index in [2.05, 4.69) is 0 Å². The third-order valence-electron chi connectivity index (χ3n) is 1.54. The van der Waals surface area contributed by atoms with Crippen LogP contribution in [0.2, 0.25) is 0 Å². The molecule has 0 saturated heterocycles. The standard InChI is InChI=1S/C7H16O3/c1-3-6(9)4-7(10)5(2)8/h5-10H,3-4H2,1-2H3. The predicted molar refractivity (Wildman–Crippen MR) is 38.6 cm³/mol. The van der Waals surface area contributed by atoms with Crippen LogP contribution in [0.5, 0.6) is 0 Å². The first-order valence-electron chi connectivity index (χ1n) is 3.62. The molecule has 3 nitrogen and oxygen atoms in total. The summed E-state index contributed by atoms with van der Waals surface area (Å²) in [7, 11) is 0. The van der Waals surface area contributed by atoms with Crippen molar-refractivity contribution < 1.29 is 15.3 Å². The highest BCUT2D eigenvalue weighted by Gasteiger charge is 2.14. The summed E-state index contributed by atoms with van der Waals surface area (Å²) in [4.78, 5) is 0. The first-order valence-corrected chi connectivity index (χ1v) is 3.62. The van der Waals surface area contributed by atoms with Crippen molar-refractivity contribution in [3.63, 3.8) is 0 Å². The summed E-state index contributed by atoms with van der Waals surface area (Å²) < 4.78 is 0. The molecule has 10 heavy (non-hydrogen) atoms. The lowest BCUT2D eigenvalue weighted by atomic mass is 10.1. The molecule has 0 saturated carbocycles. The Morgan fingerprint density at radius 1 is 1.20 bits per heavy atom. The summed E-state index contributed by atoms with van der Waals surface area (Å²) in [6, 6.07) is 0. The van der Waals surface area contributed by atoms with Gasteiger partial charge in [-0.2, -0.15) is 0 Å². The fourth-order valence-electron chi connectivity index (χ4n) is 0.642. The van der Waals surface area contributed by atoms with Gasteiger partial charge in [-0.3, -0.25) is 0 Å². The second-order valence-electron chi connectivity index (χ2n) is 2.61. The number of aliphatic hydroxyl groups is 3. The largest absolute Gasteiger partial charge is 0.393 e. The molecule has 0 aliphatic carbocycles. The maximum atomic E-state index is 9.02. The van der Waals surface area contributed by atoms with Crippen LogP contribution in [0.4, 0.5) is 0 Å². The van der Waals surface area contributed by atoms with Crippen LogP contribution in [0.3, 0.4) is 0 Å². The van der Waals surface area contributed by atoms with Gasteiger partial charge < -0.3 is 15.3 Å². The average molecular weight is 148 g/mol. The fraction of sp³-hybridized carbons (Fsp3) is 1.00. The van der Waals surface area contributed by atoms with E-state index in [0.29, 0.717) is 6.42 Å². The topological polar surface area (TPSA) is 60.7 Å². The van der Waals surface area contributed by atoms with Gasteiger partial charge in [0.25, 0.3) is 0 Å². The van der Waals surface area contributed by atoms with Gasteiger partial charge in [0.05, 0.1) is 18.3 Å². The van der Waals surface area contributed by atoms with Gasteiger partial charge in [0.2, 0.25) is 0 Å². The van der Waals surface area contributed by atoms with Crippen LogP contribution in [0, 0.1) is 0 Å². The van der Waals surface area contributed by atoms with Crippen LogP contribution >= 0.6 is 0 Å². The highest BCUT2D eigenvalue weighted by Crippen LogP contribution is 2.04. The SMILES string of the molecule is CCC(O)CC(O)C(C)O. The van der Waals surface area contributed by atoms with E-state index < -0.39 is 18.3 Å². The Balaban J connectivity index is 3.46. The van der Waals surface area contributed by atoms with Crippen molar-refractivity contribution in [2.24, 2.45) is 0 Å². The molecule has 0 aromatic rings. The molecule has 0 aliphatic rings. The smallest absolute Gasteiger partial charge is 0.0820 e. The van der Waals surface area contributed by atoms with Crippen molar-refractivity contribution in [2.45, 2.75) is 45.0 Å². The van der Waals surface area contributed by atoms with E-state index in [1.807, 2.05) is 6.92 Å². The van der Waals surface area contributed by atoms with Crippen LogP contribution in [0.15, 0.2) is 0 Å². The van der Waals surface area contributed by atoms with Gasteiger partial charge in [0, 0.05) is 6.42 Å². The minimum atomic E-state index is -0.796. The van der Waals surface area contributed by atoms with E-state index in [1.54, 1.807) is 0 Å². The van der Waals surface area contributed by atoms with Gasteiger partial charge in [-0.15, -0.1) is 0 Å². The molecule has 0 fully saturated rings.